The summed E-state index contributed by atoms with van der Waals surface area (Å²) in [6.07, 6.45) is -0.394. The quantitative estimate of drug-likeness (QED) is 0.406. The zero-order valence-electron chi connectivity index (χ0n) is 14.2. The van der Waals surface area contributed by atoms with Gasteiger partial charge in [-0.2, -0.15) is 0 Å². The molecule has 1 amide bonds. The van der Waals surface area contributed by atoms with E-state index >= 15 is 0 Å². The van der Waals surface area contributed by atoms with Crippen LogP contribution >= 0.6 is 23.1 Å². The van der Waals surface area contributed by atoms with E-state index in [9.17, 15) is 4.79 Å². The first kappa shape index (κ1) is 16.4. The molecule has 4 nitrogen and oxygen atoms in total. The van der Waals surface area contributed by atoms with Gasteiger partial charge in [0.2, 0.25) is 0 Å². The van der Waals surface area contributed by atoms with Crippen molar-refractivity contribution in [1.82, 2.24) is 4.98 Å². The van der Waals surface area contributed by atoms with E-state index in [1.807, 2.05) is 72.8 Å². The molecule has 5 rings (SSSR count). The Labute approximate surface area is 164 Å². The molecule has 0 spiro atoms. The van der Waals surface area contributed by atoms with Gasteiger partial charge in [0.15, 0.2) is 0 Å². The number of rotatable bonds is 2. The monoisotopic (exact) mass is 390 g/mol. The third-order valence-corrected chi connectivity index (χ3v) is 6.41. The summed E-state index contributed by atoms with van der Waals surface area (Å²) in [5.74, 6) is 0. The van der Waals surface area contributed by atoms with Gasteiger partial charge in [0.1, 0.15) is 11.6 Å². The Kier molecular flexibility index (Phi) is 4.07. The minimum Gasteiger partial charge on any atom is -0.441 e. The molecule has 0 atom stereocenters. The topological polar surface area (TPSA) is 42.4 Å². The number of carbonyl (C=O) groups excluding carboxylic acids is 1. The van der Waals surface area contributed by atoms with Crippen molar-refractivity contribution in [2.24, 2.45) is 0 Å². The predicted molar refractivity (Wildman–Crippen MR) is 109 cm³/mol. The van der Waals surface area contributed by atoms with Crippen molar-refractivity contribution in [3.05, 3.63) is 77.8 Å². The summed E-state index contributed by atoms with van der Waals surface area (Å²) >= 11 is 3.21. The number of hydrogen-bond acceptors (Lipinski definition) is 5. The molecule has 132 valence electrons. The second-order valence-electron chi connectivity index (χ2n) is 6.00. The summed E-state index contributed by atoms with van der Waals surface area (Å²) < 4.78 is 6.73. The molecular weight excluding hydrogens is 376 g/mol. The minimum absolute atomic E-state index is 0.159. The number of carbonyl (C=O) groups is 1. The molecule has 0 saturated heterocycles. The van der Waals surface area contributed by atoms with Crippen LogP contribution in [0.5, 0.6) is 0 Å². The van der Waals surface area contributed by atoms with Crippen LogP contribution in [-0.4, -0.2) is 11.1 Å². The van der Waals surface area contributed by atoms with Crippen molar-refractivity contribution in [2.75, 3.05) is 4.90 Å². The van der Waals surface area contributed by atoms with Crippen LogP contribution in [0.1, 0.15) is 5.01 Å². The fraction of sp³-hybridized carbons (Fsp3) is 0.0476. The standard InChI is InChI=1S/C21H14N2O2S2/c24-21(25-13-20-22-14-7-1-4-10-17(14)27-20)23-15-8-2-5-11-18(15)26-19-12-6-3-9-16(19)23/h1-12H,13H2. The Morgan fingerprint density at radius 3 is 2.22 bits per heavy atom. The molecule has 3 aromatic carbocycles. The van der Waals surface area contributed by atoms with E-state index in [-0.39, 0.29) is 6.61 Å². The fourth-order valence-electron chi connectivity index (χ4n) is 3.07. The molecule has 0 saturated carbocycles. The van der Waals surface area contributed by atoms with Crippen molar-refractivity contribution in [3.8, 4) is 0 Å². The number of aromatic nitrogens is 1. The van der Waals surface area contributed by atoms with Gasteiger partial charge < -0.3 is 4.74 Å². The van der Waals surface area contributed by atoms with E-state index < -0.39 is 6.09 Å². The van der Waals surface area contributed by atoms with Crippen LogP contribution in [0.25, 0.3) is 10.2 Å². The number of benzene rings is 3. The van der Waals surface area contributed by atoms with Crippen molar-refractivity contribution in [2.45, 2.75) is 16.4 Å². The second-order valence-corrected chi connectivity index (χ2v) is 8.20. The number of hydrogen-bond donors (Lipinski definition) is 0. The van der Waals surface area contributed by atoms with Gasteiger partial charge >= 0.3 is 6.09 Å². The van der Waals surface area contributed by atoms with Crippen LogP contribution in [0, 0.1) is 0 Å². The molecule has 27 heavy (non-hydrogen) atoms. The van der Waals surface area contributed by atoms with Crippen LogP contribution in [0.2, 0.25) is 0 Å². The lowest BCUT2D eigenvalue weighted by atomic mass is 10.2. The van der Waals surface area contributed by atoms with E-state index in [0.29, 0.717) is 0 Å². The van der Waals surface area contributed by atoms with Crippen LogP contribution in [0.4, 0.5) is 16.2 Å². The van der Waals surface area contributed by atoms with Gasteiger partial charge in [-0.15, -0.1) is 11.3 Å². The van der Waals surface area contributed by atoms with E-state index in [1.165, 1.54) is 0 Å². The third-order valence-electron chi connectivity index (χ3n) is 4.27. The zero-order chi connectivity index (χ0) is 18.2. The largest absolute Gasteiger partial charge is 0.441 e. The van der Waals surface area contributed by atoms with E-state index in [1.54, 1.807) is 28.0 Å². The number of ether oxygens (including phenoxy) is 1. The lowest BCUT2D eigenvalue weighted by Gasteiger charge is -2.30. The number of anilines is 2. The molecule has 6 heteroatoms. The summed E-state index contributed by atoms with van der Waals surface area (Å²) in [5.41, 5.74) is 2.62. The van der Waals surface area contributed by atoms with Crippen LogP contribution in [0.3, 0.4) is 0 Å². The number of amides is 1. The van der Waals surface area contributed by atoms with E-state index in [2.05, 4.69) is 4.98 Å². The Morgan fingerprint density at radius 2 is 1.52 bits per heavy atom. The first-order valence-corrected chi connectivity index (χ1v) is 10.1. The number of fused-ring (bicyclic) bond motifs is 3. The lowest BCUT2D eigenvalue weighted by molar-refractivity contribution is 0.149. The van der Waals surface area contributed by atoms with Crippen LogP contribution in [-0.2, 0) is 11.3 Å². The van der Waals surface area contributed by atoms with Gasteiger partial charge in [0.25, 0.3) is 0 Å². The number of thiazole rings is 1. The highest BCUT2D eigenvalue weighted by molar-refractivity contribution is 7.99. The molecule has 0 radical (unpaired) electrons. The van der Waals surface area contributed by atoms with Gasteiger partial charge in [0, 0.05) is 9.79 Å². The van der Waals surface area contributed by atoms with Crippen LogP contribution < -0.4 is 4.90 Å². The van der Waals surface area contributed by atoms with Gasteiger partial charge in [-0.05, 0) is 36.4 Å². The second kappa shape index (κ2) is 6.72. The first-order chi connectivity index (χ1) is 13.3. The Balaban J connectivity index is 1.44. The first-order valence-electron chi connectivity index (χ1n) is 8.47. The zero-order valence-corrected chi connectivity index (χ0v) is 15.8. The number of nitrogens with zero attached hydrogens (tertiary/aromatic N) is 2. The maximum absolute atomic E-state index is 13.0. The summed E-state index contributed by atoms with van der Waals surface area (Å²) in [5, 5.41) is 0.789. The van der Waals surface area contributed by atoms with Crippen molar-refractivity contribution < 1.29 is 9.53 Å². The van der Waals surface area contributed by atoms with Gasteiger partial charge in [-0.1, -0.05) is 48.2 Å². The molecule has 1 aromatic heterocycles. The van der Waals surface area contributed by atoms with Gasteiger partial charge in [-0.25, -0.2) is 14.7 Å². The summed E-state index contributed by atoms with van der Waals surface area (Å²) in [6.45, 7) is 0.159. The fourth-order valence-corrected chi connectivity index (χ4v) is 5.01. The van der Waals surface area contributed by atoms with Crippen molar-refractivity contribution in [3.63, 3.8) is 0 Å². The molecule has 2 heterocycles. The summed E-state index contributed by atoms with van der Waals surface area (Å²) in [4.78, 5) is 21.2. The van der Waals surface area contributed by atoms with Gasteiger partial charge in [0.05, 0.1) is 21.6 Å². The smallest absolute Gasteiger partial charge is 0.419 e. The molecule has 1 aliphatic heterocycles. The molecule has 1 aliphatic rings. The highest BCUT2D eigenvalue weighted by Crippen LogP contribution is 2.48. The molecule has 0 N–H and O–H groups in total. The molecular formula is C21H14N2O2S2. The molecule has 0 unspecified atom stereocenters. The third kappa shape index (κ3) is 2.97. The summed E-state index contributed by atoms with van der Waals surface area (Å²) in [7, 11) is 0. The average Bonchev–Trinajstić information content (AvgIpc) is 3.13. The van der Waals surface area contributed by atoms with E-state index in [4.69, 9.17) is 4.74 Å². The molecule has 0 fully saturated rings. The predicted octanol–water partition coefficient (Wildman–Crippen LogP) is 6.24. The van der Waals surface area contributed by atoms with Crippen molar-refractivity contribution >= 4 is 50.8 Å². The molecule has 0 bridgehead atoms. The normalized spacial score (nSPS) is 12.5. The Bertz CT molecular complexity index is 1080. The Hall–Kier alpha value is -2.83. The van der Waals surface area contributed by atoms with Gasteiger partial charge in [-0.3, -0.25) is 0 Å². The maximum Gasteiger partial charge on any atom is 0.419 e. The average molecular weight is 390 g/mol. The van der Waals surface area contributed by atoms with Crippen LogP contribution in [0.15, 0.2) is 82.6 Å². The maximum atomic E-state index is 13.0. The molecule has 0 aliphatic carbocycles. The van der Waals surface area contributed by atoms with E-state index in [0.717, 1.165) is 36.4 Å². The lowest BCUT2D eigenvalue weighted by Crippen LogP contribution is -2.29. The SMILES string of the molecule is O=C(OCc1nc2ccccc2s1)N1c2ccccc2Sc2ccccc21. The number of para-hydroxylation sites is 3. The highest BCUT2D eigenvalue weighted by Gasteiger charge is 2.29. The van der Waals surface area contributed by atoms with Crippen molar-refractivity contribution in [1.29, 1.82) is 0 Å². The molecule has 4 aromatic rings. The minimum atomic E-state index is -0.394. The summed E-state index contributed by atoms with van der Waals surface area (Å²) in [6, 6.07) is 23.7. The Morgan fingerprint density at radius 1 is 0.889 bits per heavy atom. The highest BCUT2D eigenvalue weighted by atomic mass is 32.2.